The highest BCUT2D eigenvalue weighted by molar-refractivity contribution is 5.96. The number of nitrogens with two attached hydrogens (primary N) is 1. The average Bonchev–Trinajstić information content (AvgIpc) is 2.20. The number of nitrogens with one attached hydrogen (secondary N) is 1. The molecule has 0 saturated heterocycles. The molecule has 70 valence electrons. The summed E-state index contributed by atoms with van der Waals surface area (Å²) in [6.45, 7) is 0. The fourth-order valence-corrected chi connectivity index (χ4v) is 0.753. The number of hydrogen-bond donors (Lipinski definition) is 2. The summed E-state index contributed by atoms with van der Waals surface area (Å²) < 4.78 is 0. The summed E-state index contributed by atoms with van der Waals surface area (Å²) in [5, 5.41) is 11.2. The average molecular weight is 188 g/mol. The van der Waals surface area contributed by atoms with Gasteiger partial charge in [-0.3, -0.25) is 4.79 Å². The van der Waals surface area contributed by atoms with Crippen molar-refractivity contribution in [1.29, 1.82) is 5.26 Å². The summed E-state index contributed by atoms with van der Waals surface area (Å²) in [6, 6.07) is 6.90. The predicted molar refractivity (Wildman–Crippen MR) is 50.8 cm³/mol. The first-order chi connectivity index (χ1) is 6.74. The maximum atomic E-state index is 10.6. The van der Waals surface area contributed by atoms with Gasteiger partial charge < -0.3 is 11.1 Å². The fraction of sp³-hybridized carbons (Fsp3) is 0. The van der Waals surface area contributed by atoms with Gasteiger partial charge in [0.15, 0.2) is 0 Å². The number of nitriles is 1. The second kappa shape index (κ2) is 4.62. The molecule has 0 aliphatic heterocycles. The van der Waals surface area contributed by atoms with Gasteiger partial charge in [-0.1, -0.05) is 6.07 Å². The van der Waals surface area contributed by atoms with E-state index in [2.05, 4.69) is 10.3 Å². The Balaban J connectivity index is 2.73. The SMILES string of the molecule is N#C/C(=C\Nc1ccccn1)C(N)=O. The van der Waals surface area contributed by atoms with E-state index in [0.29, 0.717) is 5.82 Å². The monoisotopic (exact) mass is 188 g/mol. The molecule has 1 rings (SSSR count). The van der Waals surface area contributed by atoms with Crippen LogP contribution in [0.2, 0.25) is 0 Å². The van der Waals surface area contributed by atoms with Gasteiger partial charge in [0.05, 0.1) is 0 Å². The molecule has 1 heterocycles. The van der Waals surface area contributed by atoms with E-state index in [1.807, 2.05) is 0 Å². The van der Waals surface area contributed by atoms with Crippen LogP contribution < -0.4 is 11.1 Å². The number of hydrogen-bond acceptors (Lipinski definition) is 4. The molecule has 0 saturated carbocycles. The van der Waals surface area contributed by atoms with Crippen LogP contribution in [0.3, 0.4) is 0 Å². The van der Waals surface area contributed by atoms with Crippen LogP contribution in [0.15, 0.2) is 36.2 Å². The highest BCUT2D eigenvalue weighted by Gasteiger charge is 2.01. The number of carbonyl (C=O) groups is 1. The zero-order valence-corrected chi connectivity index (χ0v) is 7.27. The molecule has 1 aromatic heterocycles. The molecule has 0 bridgehead atoms. The lowest BCUT2D eigenvalue weighted by molar-refractivity contribution is -0.114. The first-order valence-electron chi connectivity index (χ1n) is 3.81. The minimum Gasteiger partial charge on any atom is -0.365 e. The molecule has 0 aliphatic carbocycles. The van der Waals surface area contributed by atoms with Gasteiger partial charge in [0.25, 0.3) is 5.91 Å². The van der Waals surface area contributed by atoms with Gasteiger partial charge in [-0.15, -0.1) is 0 Å². The second-order valence-electron chi connectivity index (χ2n) is 2.39. The lowest BCUT2D eigenvalue weighted by Gasteiger charge is -1.98. The molecule has 5 nitrogen and oxygen atoms in total. The second-order valence-corrected chi connectivity index (χ2v) is 2.39. The van der Waals surface area contributed by atoms with E-state index in [1.165, 1.54) is 6.20 Å². The molecular weight excluding hydrogens is 180 g/mol. The van der Waals surface area contributed by atoms with Crippen LogP contribution in [-0.4, -0.2) is 10.9 Å². The highest BCUT2D eigenvalue weighted by Crippen LogP contribution is 2.00. The Morgan fingerprint density at radius 1 is 1.64 bits per heavy atom. The summed E-state index contributed by atoms with van der Waals surface area (Å²) >= 11 is 0. The minimum atomic E-state index is -0.768. The molecule has 0 fully saturated rings. The lowest BCUT2D eigenvalue weighted by atomic mass is 10.3. The molecule has 0 atom stereocenters. The molecule has 0 aromatic carbocycles. The molecule has 14 heavy (non-hydrogen) atoms. The third-order valence-corrected chi connectivity index (χ3v) is 1.42. The van der Waals surface area contributed by atoms with Crippen molar-refractivity contribution < 1.29 is 4.79 Å². The summed E-state index contributed by atoms with van der Waals surface area (Å²) in [7, 11) is 0. The minimum absolute atomic E-state index is 0.143. The number of amides is 1. The van der Waals surface area contributed by atoms with Crippen LogP contribution in [0.25, 0.3) is 0 Å². The molecule has 1 amide bonds. The molecule has 0 spiro atoms. The summed E-state index contributed by atoms with van der Waals surface area (Å²) in [5.74, 6) is -0.225. The Hall–Kier alpha value is -2.35. The maximum Gasteiger partial charge on any atom is 0.260 e. The fourth-order valence-electron chi connectivity index (χ4n) is 0.753. The van der Waals surface area contributed by atoms with Crippen LogP contribution in [0, 0.1) is 11.3 Å². The van der Waals surface area contributed by atoms with Crippen LogP contribution in [-0.2, 0) is 4.79 Å². The van der Waals surface area contributed by atoms with Gasteiger partial charge in [0.1, 0.15) is 17.5 Å². The van der Waals surface area contributed by atoms with Crippen molar-refractivity contribution >= 4 is 11.7 Å². The zero-order chi connectivity index (χ0) is 10.4. The van der Waals surface area contributed by atoms with Crippen LogP contribution in [0.4, 0.5) is 5.82 Å². The van der Waals surface area contributed by atoms with E-state index in [4.69, 9.17) is 11.0 Å². The Bertz CT molecular complexity index is 391. The van der Waals surface area contributed by atoms with Gasteiger partial charge in [-0.05, 0) is 12.1 Å². The first kappa shape index (κ1) is 9.74. The van der Waals surface area contributed by atoms with Gasteiger partial charge in [0.2, 0.25) is 0 Å². The van der Waals surface area contributed by atoms with E-state index in [0.717, 1.165) is 0 Å². The van der Waals surface area contributed by atoms with Crippen molar-refractivity contribution in [2.24, 2.45) is 5.73 Å². The Kier molecular flexibility index (Phi) is 3.21. The molecule has 1 aromatic rings. The van der Waals surface area contributed by atoms with E-state index in [1.54, 1.807) is 30.5 Å². The van der Waals surface area contributed by atoms with Crippen molar-refractivity contribution in [1.82, 2.24) is 4.98 Å². The lowest BCUT2D eigenvalue weighted by Crippen LogP contribution is -2.13. The van der Waals surface area contributed by atoms with Crippen molar-refractivity contribution in [2.75, 3.05) is 5.32 Å². The van der Waals surface area contributed by atoms with E-state index in [-0.39, 0.29) is 5.57 Å². The summed E-state index contributed by atoms with van der Waals surface area (Å²) in [4.78, 5) is 14.5. The van der Waals surface area contributed by atoms with E-state index < -0.39 is 5.91 Å². The number of carbonyl (C=O) groups excluding carboxylic acids is 1. The third kappa shape index (κ3) is 2.60. The summed E-state index contributed by atoms with van der Waals surface area (Å²) in [5.41, 5.74) is 4.78. The highest BCUT2D eigenvalue weighted by atomic mass is 16.1. The van der Waals surface area contributed by atoms with Crippen molar-refractivity contribution in [3.8, 4) is 6.07 Å². The topological polar surface area (TPSA) is 91.8 Å². The molecule has 3 N–H and O–H groups in total. The van der Waals surface area contributed by atoms with Crippen molar-refractivity contribution in [3.63, 3.8) is 0 Å². The predicted octanol–water partition coefficient (Wildman–Crippen LogP) is 0.386. The van der Waals surface area contributed by atoms with Crippen molar-refractivity contribution in [2.45, 2.75) is 0 Å². The number of nitrogens with zero attached hydrogens (tertiary/aromatic N) is 2. The van der Waals surface area contributed by atoms with E-state index >= 15 is 0 Å². The quantitative estimate of drug-likeness (QED) is 0.530. The van der Waals surface area contributed by atoms with Crippen LogP contribution in [0.1, 0.15) is 0 Å². The van der Waals surface area contributed by atoms with Crippen molar-refractivity contribution in [3.05, 3.63) is 36.2 Å². The number of anilines is 1. The first-order valence-corrected chi connectivity index (χ1v) is 3.81. The Labute approximate surface area is 80.9 Å². The summed E-state index contributed by atoms with van der Waals surface area (Å²) in [6.07, 6.45) is 2.82. The normalized spacial score (nSPS) is 10.4. The van der Waals surface area contributed by atoms with E-state index in [9.17, 15) is 4.79 Å². The van der Waals surface area contributed by atoms with Gasteiger partial charge in [0, 0.05) is 12.4 Å². The number of rotatable bonds is 3. The molecule has 0 aliphatic rings. The Morgan fingerprint density at radius 3 is 2.93 bits per heavy atom. The largest absolute Gasteiger partial charge is 0.365 e. The Morgan fingerprint density at radius 2 is 2.43 bits per heavy atom. The van der Waals surface area contributed by atoms with Crippen LogP contribution in [0.5, 0.6) is 0 Å². The van der Waals surface area contributed by atoms with Gasteiger partial charge in [-0.25, -0.2) is 4.98 Å². The smallest absolute Gasteiger partial charge is 0.260 e. The van der Waals surface area contributed by atoms with Crippen LogP contribution >= 0.6 is 0 Å². The van der Waals surface area contributed by atoms with Gasteiger partial charge in [-0.2, -0.15) is 5.26 Å². The number of aromatic nitrogens is 1. The molecule has 0 radical (unpaired) electrons. The maximum absolute atomic E-state index is 10.6. The standard InChI is InChI=1S/C9H8N4O/c10-5-7(9(11)14)6-13-8-3-1-2-4-12-8/h1-4,6H,(H2,11,14)(H,12,13)/b7-6+. The molecule has 0 unspecified atom stereocenters. The number of pyridine rings is 1. The number of primary amides is 1. The molecular formula is C9H8N4O. The van der Waals surface area contributed by atoms with Gasteiger partial charge >= 0.3 is 0 Å². The molecule has 5 heteroatoms. The third-order valence-electron chi connectivity index (χ3n) is 1.42. The zero-order valence-electron chi connectivity index (χ0n) is 7.27.